The summed E-state index contributed by atoms with van der Waals surface area (Å²) in [4.78, 5) is 12.1. The molecule has 0 radical (unpaired) electrons. The van der Waals surface area contributed by atoms with Crippen molar-refractivity contribution in [1.29, 1.82) is 0 Å². The van der Waals surface area contributed by atoms with E-state index in [-0.39, 0.29) is 0 Å². The summed E-state index contributed by atoms with van der Waals surface area (Å²) in [6.45, 7) is 4.50. The Bertz CT molecular complexity index is 161. The maximum Gasteiger partial charge on any atom is 0.139 e. The first-order chi connectivity index (χ1) is 5.85. The van der Waals surface area contributed by atoms with E-state index in [2.05, 4.69) is 13.0 Å². The molecule has 0 aromatic carbocycles. The molecule has 0 bridgehead atoms. The lowest BCUT2D eigenvalue weighted by molar-refractivity contribution is -0.108. The van der Waals surface area contributed by atoms with Gasteiger partial charge in [-0.25, -0.2) is 0 Å². The molecule has 0 aromatic heterocycles. The van der Waals surface area contributed by atoms with Crippen molar-refractivity contribution >= 4 is 6.29 Å². The van der Waals surface area contributed by atoms with Gasteiger partial charge in [0.25, 0.3) is 0 Å². The normalized spacial score (nSPS) is 11.2. The summed E-state index contributed by atoms with van der Waals surface area (Å²) in [6.07, 6.45) is 10.9. The van der Waals surface area contributed by atoms with Crippen LogP contribution in [0.25, 0.3) is 0 Å². The molecule has 0 spiro atoms. The van der Waals surface area contributed by atoms with E-state index in [4.69, 9.17) is 0 Å². The molecule has 0 rings (SSSR count). The van der Waals surface area contributed by atoms with E-state index in [0.29, 0.717) is 6.54 Å². The molecule has 0 aliphatic heterocycles. The van der Waals surface area contributed by atoms with E-state index in [9.17, 15) is 4.79 Å². The highest BCUT2D eigenvalue weighted by atomic mass is 16.1. The predicted molar refractivity (Wildman–Crippen MR) is 51.6 cm³/mol. The topological polar surface area (TPSA) is 20.3 Å². The minimum Gasteiger partial charge on any atom is -0.348 e. The third-order valence-corrected chi connectivity index (χ3v) is 1.38. The van der Waals surface area contributed by atoms with Crippen molar-refractivity contribution in [3.8, 4) is 0 Å². The molecule has 0 unspecified atom stereocenters. The maximum atomic E-state index is 10.2. The summed E-state index contributed by atoms with van der Waals surface area (Å²) in [5, 5.41) is 0. The highest BCUT2D eigenvalue weighted by Crippen LogP contribution is 1.94. The van der Waals surface area contributed by atoms with Crippen molar-refractivity contribution in [3.05, 3.63) is 24.6 Å². The third-order valence-electron chi connectivity index (χ3n) is 1.38. The molecule has 0 aliphatic carbocycles. The minimum absolute atomic E-state index is 0.435. The van der Waals surface area contributed by atoms with Crippen molar-refractivity contribution < 1.29 is 4.79 Å². The van der Waals surface area contributed by atoms with Gasteiger partial charge in [0.05, 0.1) is 6.54 Å². The second-order valence-corrected chi connectivity index (χ2v) is 2.52. The zero-order valence-electron chi connectivity index (χ0n) is 7.86. The summed E-state index contributed by atoms with van der Waals surface area (Å²) in [6, 6.07) is 0. The van der Waals surface area contributed by atoms with E-state index < -0.39 is 0 Å². The molecule has 68 valence electrons. The minimum atomic E-state index is 0.435. The number of carbonyl (C=O) groups excluding carboxylic acids is 1. The number of aldehydes is 1. The molecule has 0 fully saturated rings. The highest BCUT2D eigenvalue weighted by molar-refractivity contribution is 5.52. The Balaban J connectivity index is 3.84. The number of hydrogen-bond acceptors (Lipinski definition) is 2. The first-order valence-electron chi connectivity index (χ1n) is 4.34. The fourth-order valence-electron chi connectivity index (χ4n) is 0.826. The van der Waals surface area contributed by atoms with Gasteiger partial charge in [-0.2, -0.15) is 0 Å². The van der Waals surface area contributed by atoms with Gasteiger partial charge in [0.1, 0.15) is 6.29 Å². The zero-order chi connectivity index (χ0) is 9.23. The van der Waals surface area contributed by atoms with Crippen molar-refractivity contribution in [2.24, 2.45) is 0 Å². The predicted octanol–water partition coefficient (Wildman–Crippen LogP) is 2.33. The first-order valence-corrected chi connectivity index (χ1v) is 4.34. The van der Waals surface area contributed by atoms with Gasteiger partial charge in [0.15, 0.2) is 0 Å². The molecule has 0 saturated heterocycles. The van der Waals surface area contributed by atoms with Gasteiger partial charge in [-0.05, 0) is 25.7 Å². The first kappa shape index (κ1) is 11.0. The van der Waals surface area contributed by atoms with Crippen molar-refractivity contribution in [2.45, 2.75) is 26.7 Å². The van der Waals surface area contributed by atoms with E-state index in [1.165, 1.54) is 0 Å². The molecule has 0 aromatic rings. The molecule has 0 aliphatic rings. The Morgan fingerprint density at radius 1 is 1.33 bits per heavy atom. The fourth-order valence-corrected chi connectivity index (χ4v) is 0.826. The average molecular weight is 167 g/mol. The van der Waals surface area contributed by atoms with Crippen LogP contribution in [-0.4, -0.2) is 17.7 Å². The number of hydrogen-bond donors (Lipinski definition) is 0. The van der Waals surface area contributed by atoms with Gasteiger partial charge in [-0.3, -0.25) is 0 Å². The summed E-state index contributed by atoms with van der Waals surface area (Å²) in [5.74, 6) is 0. The fraction of sp³-hybridized carbons (Fsp3) is 0.500. The summed E-state index contributed by atoms with van der Waals surface area (Å²) >= 11 is 0. The lowest BCUT2D eigenvalue weighted by Gasteiger charge is -2.10. The number of carbonyl (C=O) groups is 1. The smallest absolute Gasteiger partial charge is 0.139 e. The van der Waals surface area contributed by atoms with Crippen LogP contribution in [0.15, 0.2) is 24.6 Å². The Hall–Kier alpha value is -1.05. The Morgan fingerprint density at radius 2 is 2.08 bits per heavy atom. The van der Waals surface area contributed by atoms with Gasteiger partial charge in [0.2, 0.25) is 0 Å². The molecular weight excluding hydrogens is 150 g/mol. The number of unbranched alkanes of at least 4 members (excludes halogenated alkanes) is 1. The number of rotatable bonds is 6. The second kappa shape index (κ2) is 8.05. The molecule has 0 amide bonds. The molecule has 2 nitrogen and oxygen atoms in total. The molecule has 0 saturated carbocycles. The average Bonchev–Trinajstić information content (AvgIpc) is 2.06. The van der Waals surface area contributed by atoms with Crippen LogP contribution in [0.4, 0.5) is 0 Å². The Morgan fingerprint density at radius 3 is 2.58 bits per heavy atom. The van der Waals surface area contributed by atoms with Gasteiger partial charge in [-0.15, -0.1) is 0 Å². The van der Waals surface area contributed by atoms with E-state index in [1.54, 1.807) is 0 Å². The monoisotopic (exact) mass is 167 g/mol. The maximum absolute atomic E-state index is 10.2. The molecule has 0 N–H and O–H groups in total. The largest absolute Gasteiger partial charge is 0.348 e. The van der Waals surface area contributed by atoms with Crippen LogP contribution in [0.2, 0.25) is 0 Å². The quantitative estimate of drug-likeness (QED) is 0.566. The van der Waals surface area contributed by atoms with E-state index >= 15 is 0 Å². The van der Waals surface area contributed by atoms with Crippen LogP contribution in [0, 0.1) is 0 Å². The lowest BCUT2D eigenvalue weighted by Crippen LogP contribution is -2.11. The van der Waals surface area contributed by atoms with Gasteiger partial charge < -0.3 is 9.69 Å². The highest BCUT2D eigenvalue weighted by Gasteiger charge is 1.89. The van der Waals surface area contributed by atoms with Gasteiger partial charge in [-0.1, -0.05) is 25.5 Å². The van der Waals surface area contributed by atoms with Crippen LogP contribution >= 0.6 is 0 Å². The summed E-state index contributed by atoms with van der Waals surface area (Å²) in [5.41, 5.74) is 0. The standard InChI is InChI=1S/C10H17NO/c1-3-5-6-8-11(7-4-2)9-10-12/h4,6-8,10H,3,5,9H2,1-2H3/b7-4-,8-6+. The van der Waals surface area contributed by atoms with Crippen LogP contribution in [0.1, 0.15) is 26.7 Å². The van der Waals surface area contributed by atoms with Crippen LogP contribution in [0.3, 0.4) is 0 Å². The number of allylic oxidation sites excluding steroid dienone is 2. The summed E-state index contributed by atoms with van der Waals surface area (Å²) in [7, 11) is 0. The van der Waals surface area contributed by atoms with E-state index in [0.717, 1.165) is 19.1 Å². The zero-order valence-corrected chi connectivity index (χ0v) is 7.86. The van der Waals surface area contributed by atoms with E-state index in [1.807, 2.05) is 30.3 Å². The lowest BCUT2D eigenvalue weighted by atomic mass is 10.3. The van der Waals surface area contributed by atoms with Crippen LogP contribution in [0.5, 0.6) is 0 Å². The molecule has 0 atom stereocenters. The molecule has 12 heavy (non-hydrogen) atoms. The van der Waals surface area contributed by atoms with Gasteiger partial charge >= 0.3 is 0 Å². The summed E-state index contributed by atoms with van der Waals surface area (Å²) < 4.78 is 0. The Labute approximate surface area is 74.6 Å². The third kappa shape index (κ3) is 5.71. The van der Waals surface area contributed by atoms with Crippen LogP contribution in [-0.2, 0) is 4.79 Å². The van der Waals surface area contributed by atoms with Crippen molar-refractivity contribution in [3.63, 3.8) is 0 Å². The molecule has 0 heterocycles. The number of nitrogens with zero attached hydrogens (tertiary/aromatic N) is 1. The van der Waals surface area contributed by atoms with Crippen molar-refractivity contribution in [2.75, 3.05) is 6.54 Å². The SMILES string of the molecule is C/C=C\N(/C=C/CCC)CC=O. The molecule has 2 heteroatoms. The van der Waals surface area contributed by atoms with Crippen molar-refractivity contribution in [1.82, 2.24) is 4.90 Å². The van der Waals surface area contributed by atoms with Gasteiger partial charge in [0, 0.05) is 0 Å². The molecular formula is C10H17NO. The Kier molecular flexibility index (Phi) is 7.35. The van der Waals surface area contributed by atoms with Crippen LogP contribution < -0.4 is 0 Å². The second-order valence-electron chi connectivity index (χ2n) is 2.52.